The maximum absolute atomic E-state index is 11.3. The zero-order valence-corrected chi connectivity index (χ0v) is 12.9. The Morgan fingerprint density at radius 2 is 1.29 bits per heavy atom. The second kappa shape index (κ2) is 8.64. The largest absolute Gasteiger partial charge is 0.452 e. The molecule has 0 bridgehead atoms. The molecule has 0 aromatic carbocycles. The molecule has 0 aromatic rings. The number of azo groups is 1. The van der Waals surface area contributed by atoms with Crippen molar-refractivity contribution in [2.45, 2.75) is 0 Å². The van der Waals surface area contributed by atoms with Crippen molar-refractivity contribution < 1.29 is 28.7 Å². The van der Waals surface area contributed by atoms with E-state index < -0.39 is 12.2 Å². The zero-order chi connectivity index (χ0) is 17.4. The predicted octanol–water partition coefficient (Wildman–Crippen LogP) is -0.238. The first-order chi connectivity index (χ1) is 11.6. The van der Waals surface area contributed by atoms with Crippen molar-refractivity contribution in [3.8, 4) is 0 Å². The Kier molecular flexibility index (Phi) is 6.28. The van der Waals surface area contributed by atoms with Gasteiger partial charge < -0.3 is 29.9 Å². The Morgan fingerprint density at radius 1 is 0.875 bits per heavy atom. The maximum atomic E-state index is 11.3. The van der Waals surface area contributed by atoms with E-state index in [1.807, 2.05) is 0 Å². The van der Waals surface area contributed by atoms with Crippen LogP contribution < -0.4 is 10.6 Å². The molecule has 2 aliphatic heterocycles. The standard InChI is InChI=1S/C12H18N6O6/c19-9-13-1-3-17(9)5-7-23-11(21)15-16-12(22)24-8-6-18-4-2-14-10(18)20/h1-8H2,(H,13,19)(H,14,20)/b16-15-. The predicted molar refractivity (Wildman–Crippen MR) is 77.5 cm³/mol. The lowest BCUT2D eigenvalue weighted by Gasteiger charge is -2.13. The van der Waals surface area contributed by atoms with E-state index in [2.05, 4.69) is 20.9 Å². The lowest BCUT2D eigenvalue weighted by atomic mass is 10.5. The Bertz CT molecular complexity index is 492. The van der Waals surface area contributed by atoms with Gasteiger partial charge in [-0.25, -0.2) is 19.2 Å². The summed E-state index contributed by atoms with van der Waals surface area (Å²) >= 11 is 0. The highest BCUT2D eigenvalue weighted by molar-refractivity contribution is 5.76. The monoisotopic (exact) mass is 342 g/mol. The van der Waals surface area contributed by atoms with Crippen molar-refractivity contribution in [3.63, 3.8) is 0 Å². The molecule has 0 unspecified atom stereocenters. The minimum atomic E-state index is -1.05. The molecule has 2 rings (SSSR count). The number of carbonyl (C=O) groups is 4. The molecular formula is C12H18N6O6. The number of carbonyl (C=O) groups excluding carboxylic acids is 4. The normalized spacial score (nSPS) is 17.2. The van der Waals surface area contributed by atoms with Crippen molar-refractivity contribution >= 4 is 24.2 Å². The molecule has 0 saturated carbocycles. The van der Waals surface area contributed by atoms with Gasteiger partial charge in [0.1, 0.15) is 13.2 Å². The first-order valence-electron chi connectivity index (χ1n) is 7.37. The summed E-state index contributed by atoms with van der Waals surface area (Å²) in [6, 6.07) is -0.439. The first-order valence-corrected chi connectivity index (χ1v) is 7.37. The number of hydrogen-bond acceptors (Lipinski definition) is 6. The highest BCUT2D eigenvalue weighted by atomic mass is 16.6. The summed E-state index contributed by atoms with van der Waals surface area (Å²) in [5, 5.41) is 11.3. The van der Waals surface area contributed by atoms with Gasteiger partial charge in [0.05, 0.1) is 13.1 Å². The summed E-state index contributed by atoms with van der Waals surface area (Å²) in [5.74, 6) is 0. The lowest BCUT2D eigenvalue weighted by molar-refractivity contribution is 0.134. The van der Waals surface area contributed by atoms with Crippen LogP contribution in [0.15, 0.2) is 10.2 Å². The number of amides is 6. The molecule has 0 aliphatic carbocycles. The third-order valence-corrected chi connectivity index (χ3v) is 3.28. The average Bonchev–Trinajstić information content (AvgIpc) is 3.14. The zero-order valence-electron chi connectivity index (χ0n) is 12.9. The Hall–Kier alpha value is -2.92. The van der Waals surface area contributed by atoms with Crippen LogP contribution in [0.3, 0.4) is 0 Å². The summed E-state index contributed by atoms with van der Waals surface area (Å²) < 4.78 is 9.43. The second-order valence-electron chi connectivity index (χ2n) is 4.87. The molecular weight excluding hydrogens is 324 g/mol. The third-order valence-electron chi connectivity index (χ3n) is 3.28. The number of nitrogens with one attached hydrogen (secondary N) is 2. The van der Waals surface area contributed by atoms with Gasteiger partial charge in [0.15, 0.2) is 0 Å². The maximum Gasteiger partial charge on any atom is 0.452 e. The third kappa shape index (κ3) is 5.37. The van der Waals surface area contributed by atoms with Gasteiger partial charge in [-0.05, 0) is 0 Å². The van der Waals surface area contributed by atoms with Gasteiger partial charge in [0.2, 0.25) is 0 Å². The summed E-state index contributed by atoms with van der Waals surface area (Å²) in [5.41, 5.74) is 0. The molecule has 2 saturated heterocycles. The molecule has 24 heavy (non-hydrogen) atoms. The van der Waals surface area contributed by atoms with Crippen LogP contribution >= 0.6 is 0 Å². The van der Waals surface area contributed by atoms with E-state index in [-0.39, 0.29) is 38.4 Å². The summed E-state index contributed by atoms with van der Waals surface area (Å²) in [6.07, 6.45) is -2.10. The molecule has 12 nitrogen and oxygen atoms in total. The van der Waals surface area contributed by atoms with Crippen LogP contribution in [0.1, 0.15) is 0 Å². The van der Waals surface area contributed by atoms with Gasteiger partial charge in [-0.15, -0.1) is 0 Å². The van der Waals surface area contributed by atoms with Crippen molar-refractivity contribution in [1.29, 1.82) is 0 Å². The fraction of sp³-hybridized carbons (Fsp3) is 0.667. The molecule has 0 aromatic heterocycles. The van der Waals surface area contributed by atoms with Crippen LogP contribution in [0.4, 0.5) is 19.2 Å². The van der Waals surface area contributed by atoms with E-state index in [4.69, 9.17) is 9.47 Å². The number of ether oxygens (including phenoxy) is 2. The number of urea groups is 2. The Balaban J connectivity index is 1.55. The number of nitrogens with zero attached hydrogens (tertiary/aromatic N) is 4. The van der Waals surface area contributed by atoms with Crippen molar-refractivity contribution in [2.75, 3.05) is 52.5 Å². The molecule has 2 heterocycles. The van der Waals surface area contributed by atoms with Crippen LogP contribution in [0.2, 0.25) is 0 Å². The average molecular weight is 342 g/mol. The summed E-state index contributed by atoms with van der Waals surface area (Å²) in [4.78, 5) is 47.9. The van der Waals surface area contributed by atoms with Crippen LogP contribution in [-0.4, -0.2) is 86.5 Å². The van der Waals surface area contributed by atoms with Gasteiger partial charge >= 0.3 is 24.2 Å². The number of rotatable bonds is 6. The van der Waals surface area contributed by atoms with Crippen molar-refractivity contribution in [2.24, 2.45) is 10.2 Å². The van der Waals surface area contributed by atoms with Crippen molar-refractivity contribution in [1.82, 2.24) is 20.4 Å². The molecule has 6 amide bonds. The fourth-order valence-electron chi connectivity index (χ4n) is 2.07. The summed E-state index contributed by atoms with van der Waals surface area (Å²) in [7, 11) is 0. The minimum absolute atomic E-state index is 0.0512. The molecule has 2 N–H and O–H groups in total. The molecule has 2 aliphatic rings. The van der Waals surface area contributed by atoms with E-state index in [9.17, 15) is 19.2 Å². The van der Waals surface area contributed by atoms with Gasteiger partial charge in [-0.3, -0.25) is 0 Å². The first kappa shape index (κ1) is 17.4. The van der Waals surface area contributed by atoms with Crippen LogP contribution in [0, 0.1) is 0 Å². The highest BCUT2D eigenvalue weighted by Crippen LogP contribution is 1.98. The molecule has 12 heteroatoms. The van der Waals surface area contributed by atoms with Gasteiger partial charge in [0, 0.05) is 26.2 Å². The van der Waals surface area contributed by atoms with E-state index in [1.165, 1.54) is 9.80 Å². The number of hydrogen-bond donors (Lipinski definition) is 2. The van der Waals surface area contributed by atoms with Crippen LogP contribution in [-0.2, 0) is 9.47 Å². The summed E-state index contributed by atoms with van der Waals surface area (Å²) in [6.45, 7) is 2.55. The van der Waals surface area contributed by atoms with E-state index in [1.54, 1.807) is 0 Å². The Morgan fingerprint density at radius 3 is 1.62 bits per heavy atom. The quantitative estimate of drug-likeness (QED) is 0.638. The topological polar surface area (TPSA) is 142 Å². The molecule has 132 valence electrons. The van der Waals surface area contributed by atoms with E-state index in [0.29, 0.717) is 26.2 Å². The minimum Gasteiger partial charge on any atom is -0.445 e. The van der Waals surface area contributed by atoms with Gasteiger partial charge in [-0.2, -0.15) is 0 Å². The van der Waals surface area contributed by atoms with Crippen LogP contribution in [0.25, 0.3) is 0 Å². The molecule has 0 spiro atoms. The van der Waals surface area contributed by atoms with E-state index >= 15 is 0 Å². The fourth-order valence-corrected chi connectivity index (χ4v) is 2.07. The Labute approximate surface area is 137 Å². The van der Waals surface area contributed by atoms with Crippen molar-refractivity contribution in [3.05, 3.63) is 0 Å². The smallest absolute Gasteiger partial charge is 0.445 e. The molecule has 2 fully saturated rings. The van der Waals surface area contributed by atoms with Gasteiger partial charge in [-0.1, -0.05) is 10.2 Å². The van der Waals surface area contributed by atoms with Gasteiger partial charge in [0.25, 0.3) is 0 Å². The van der Waals surface area contributed by atoms with E-state index in [0.717, 1.165) is 0 Å². The molecule has 0 atom stereocenters. The second-order valence-corrected chi connectivity index (χ2v) is 4.87. The highest BCUT2D eigenvalue weighted by Gasteiger charge is 2.20. The SMILES string of the molecule is O=C(/N=N\C(=O)OCCN1CCNC1=O)OCCN1CCNC1=O. The van der Waals surface area contributed by atoms with Crippen LogP contribution in [0.5, 0.6) is 0 Å². The lowest BCUT2D eigenvalue weighted by Crippen LogP contribution is -2.31. The molecule has 0 radical (unpaired) electrons.